The molecule has 39 heavy (non-hydrogen) atoms. The Kier molecular flexibility index (Phi) is 6.98. The fourth-order valence-corrected chi connectivity index (χ4v) is 7.77. The smallest absolute Gasteiger partial charge is 0.257 e. The number of hydrogen-bond donors (Lipinski definition) is 2. The fraction of sp³-hybridized carbons (Fsp3) is 0.429. The van der Waals surface area contributed by atoms with Crippen LogP contribution in [0.4, 0.5) is 5.13 Å². The van der Waals surface area contributed by atoms with Gasteiger partial charge in [-0.3, -0.25) is 14.9 Å². The topological polar surface area (TPSA) is 136 Å². The van der Waals surface area contributed by atoms with Crippen LogP contribution >= 0.6 is 11.3 Å². The molecule has 0 unspecified atom stereocenters. The van der Waals surface area contributed by atoms with Crippen molar-refractivity contribution in [2.75, 3.05) is 18.5 Å². The molecule has 1 amide bonds. The molecule has 1 atom stereocenters. The van der Waals surface area contributed by atoms with E-state index in [-0.39, 0.29) is 42.0 Å². The number of fused-ring (bicyclic) bond motifs is 1. The molecule has 3 aliphatic carbocycles. The first-order chi connectivity index (χ1) is 18.8. The van der Waals surface area contributed by atoms with Gasteiger partial charge in [0.15, 0.2) is 15.0 Å². The van der Waals surface area contributed by atoms with Crippen molar-refractivity contribution < 1.29 is 27.9 Å². The van der Waals surface area contributed by atoms with Crippen molar-refractivity contribution >= 4 is 53.9 Å². The van der Waals surface area contributed by atoms with Gasteiger partial charge >= 0.3 is 0 Å². The van der Waals surface area contributed by atoms with Crippen molar-refractivity contribution in [1.29, 1.82) is 0 Å². The fourth-order valence-electron chi connectivity index (χ4n) is 5.02. The van der Waals surface area contributed by atoms with E-state index in [0.29, 0.717) is 69.5 Å². The number of aromatic nitrogens is 2. The van der Waals surface area contributed by atoms with Crippen LogP contribution < -0.4 is 10.1 Å². The number of nitrogens with zero attached hydrogens (tertiary/aromatic N) is 2. The lowest BCUT2D eigenvalue weighted by Crippen LogP contribution is -2.16. The number of anilines is 1. The molecule has 9 nitrogen and oxygen atoms in total. The first-order valence-corrected chi connectivity index (χ1v) is 15.6. The molecule has 204 valence electrons. The number of pyridine rings is 1. The maximum absolute atomic E-state index is 13.7. The van der Waals surface area contributed by atoms with Gasteiger partial charge in [-0.1, -0.05) is 23.5 Å². The highest BCUT2D eigenvalue weighted by atomic mass is 32.2. The first kappa shape index (κ1) is 26.1. The first-order valence-electron chi connectivity index (χ1n) is 13.3. The number of thiazole rings is 1. The molecule has 0 spiro atoms. The van der Waals surface area contributed by atoms with E-state index in [9.17, 15) is 18.0 Å². The van der Waals surface area contributed by atoms with Gasteiger partial charge in [0.1, 0.15) is 22.7 Å². The van der Waals surface area contributed by atoms with E-state index in [1.807, 2.05) is 12.1 Å². The van der Waals surface area contributed by atoms with E-state index in [1.54, 1.807) is 24.3 Å². The monoisotopic (exact) mass is 567 g/mol. The van der Waals surface area contributed by atoms with Crippen molar-refractivity contribution in [2.45, 2.75) is 61.0 Å². The van der Waals surface area contributed by atoms with Gasteiger partial charge in [-0.15, -0.1) is 0 Å². The number of hydrogen-bond acceptors (Lipinski definition) is 9. The highest BCUT2D eigenvalue weighted by Crippen LogP contribution is 2.46. The number of aliphatic hydroxyl groups is 1. The third kappa shape index (κ3) is 5.61. The molecular weight excluding hydrogens is 538 g/mol. The third-order valence-electron chi connectivity index (χ3n) is 7.33. The van der Waals surface area contributed by atoms with Gasteiger partial charge in [-0.05, 0) is 73.3 Å². The molecule has 3 aliphatic rings. The minimum Gasteiger partial charge on any atom is -0.475 e. The molecule has 2 aromatic heterocycles. The lowest BCUT2D eigenvalue weighted by molar-refractivity contribution is -0.117. The molecule has 2 heterocycles. The van der Waals surface area contributed by atoms with Crippen LogP contribution in [0.1, 0.15) is 62.0 Å². The minimum absolute atomic E-state index is 0.0548. The molecule has 0 aliphatic heterocycles. The number of nitrogens with one attached hydrogen (secondary N) is 1. The Bertz CT molecular complexity index is 1590. The SMILES string of the molecule is O=C1CC[C@H](C=C(C(=O)Nc2nc3ccc(OCCO)nc3s2)c2ccc(S(=O)(=O)C3CC3)c(C3CC3)c2)C1. The van der Waals surface area contributed by atoms with Crippen LogP contribution in [0.5, 0.6) is 5.88 Å². The van der Waals surface area contributed by atoms with Gasteiger partial charge in [-0.25, -0.2) is 18.4 Å². The Hall–Kier alpha value is -3.15. The summed E-state index contributed by atoms with van der Waals surface area (Å²) in [5.41, 5.74) is 2.44. The van der Waals surface area contributed by atoms with Crippen molar-refractivity contribution in [2.24, 2.45) is 5.92 Å². The average molecular weight is 568 g/mol. The van der Waals surface area contributed by atoms with Crippen LogP contribution in [0.25, 0.3) is 15.9 Å². The molecule has 2 N–H and O–H groups in total. The number of benzene rings is 1. The predicted octanol–water partition coefficient (Wildman–Crippen LogP) is 4.27. The van der Waals surface area contributed by atoms with Crippen LogP contribution in [0.3, 0.4) is 0 Å². The number of ether oxygens (including phenoxy) is 1. The minimum atomic E-state index is -3.37. The molecule has 1 aromatic carbocycles. The molecule has 11 heteroatoms. The molecule has 0 radical (unpaired) electrons. The highest BCUT2D eigenvalue weighted by molar-refractivity contribution is 7.92. The maximum atomic E-state index is 13.7. The van der Waals surface area contributed by atoms with Crippen molar-refractivity contribution in [3.05, 3.63) is 47.5 Å². The lowest BCUT2D eigenvalue weighted by Gasteiger charge is -2.15. The predicted molar refractivity (Wildman–Crippen MR) is 148 cm³/mol. The Morgan fingerprint density at radius 2 is 1.95 bits per heavy atom. The lowest BCUT2D eigenvalue weighted by atomic mass is 9.96. The zero-order chi connectivity index (χ0) is 27.1. The molecule has 3 fully saturated rings. The maximum Gasteiger partial charge on any atom is 0.257 e. The number of carbonyl (C=O) groups excluding carboxylic acids is 2. The van der Waals surface area contributed by atoms with Crippen LogP contribution in [-0.4, -0.2) is 53.6 Å². The van der Waals surface area contributed by atoms with Gasteiger partial charge in [0.2, 0.25) is 5.88 Å². The number of rotatable bonds is 10. The average Bonchev–Trinajstić information content (AvgIpc) is 3.85. The molecule has 3 aromatic rings. The van der Waals surface area contributed by atoms with Gasteiger partial charge in [0.05, 0.1) is 16.8 Å². The van der Waals surface area contributed by atoms with E-state index in [2.05, 4.69) is 15.3 Å². The standard InChI is InChI=1S/C28H29N3O6S2/c32-11-12-37-25-10-8-23-27(30-25)38-28(29-23)31-26(34)22(14-16-1-5-19(33)13-16)18-4-9-24(21(15-18)17-2-3-17)39(35,36)20-6-7-20/h4,8-10,14-17,20,32H,1-3,5-7,11-13H2,(H,29,31,34)/t16-/m0/s1. The number of Topliss-reactive ketones (excluding diaryl/α,β-unsaturated/α-hetero) is 1. The van der Waals surface area contributed by atoms with E-state index in [4.69, 9.17) is 9.84 Å². The van der Waals surface area contributed by atoms with E-state index < -0.39 is 9.84 Å². The number of carbonyl (C=O) groups is 2. The Labute approximate surface area is 230 Å². The van der Waals surface area contributed by atoms with E-state index in [0.717, 1.165) is 18.4 Å². The van der Waals surface area contributed by atoms with Crippen LogP contribution in [0, 0.1) is 5.92 Å². The van der Waals surface area contributed by atoms with Crippen LogP contribution in [0.2, 0.25) is 0 Å². The highest BCUT2D eigenvalue weighted by Gasteiger charge is 2.40. The number of ketones is 1. The van der Waals surface area contributed by atoms with E-state index in [1.165, 1.54) is 11.3 Å². The number of sulfone groups is 1. The summed E-state index contributed by atoms with van der Waals surface area (Å²) in [6.45, 7) is 0.00366. The summed E-state index contributed by atoms with van der Waals surface area (Å²) in [6.07, 6.45) is 6.68. The molecule has 0 saturated heterocycles. The summed E-state index contributed by atoms with van der Waals surface area (Å²) in [5.74, 6) is 0.296. The zero-order valence-corrected chi connectivity index (χ0v) is 22.9. The summed E-state index contributed by atoms with van der Waals surface area (Å²) < 4.78 is 31.6. The second-order valence-corrected chi connectivity index (χ2v) is 13.6. The molecule has 6 rings (SSSR count). The molecule has 3 saturated carbocycles. The Balaban J connectivity index is 1.33. The normalized spacial score (nSPS) is 20.0. The Morgan fingerprint density at radius 3 is 2.64 bits per heavy atom. The summed E-state index contributed by atoms with van der Waals surface area (Å²) in [5, 5.41) is 11.9. The number of aliphatic hydroxyl groups excluding tert-OH is 1. The Morgan fingerprint density at radius 1 is 1.13 bits per heavy atom. The number of amides is 1. The van der Waals surface area contributed by atoms with Gasteiger partial charge in [0.25, 0.3) is 5.91 Å². The second kappa shape index (κ2) is 10.4. The number of allylic oxidation sites excluding steroid dienone is 1. The van der Waals surface area contributed by atoms with Crippen LogP contribution in [-0.2, 0) is 19.4 Å². The summed E-state index contributed by atoms with van der Waals surface area (Å²) in [7, 11) is -3.37. The van der Waals surface area contributed by atoms with E-state index >= 15 is 0 Å². The quantitative estimate of drug-likeness (QED) is 0.347. The van der Waals surface area contributed by atoms with Crippen LogP contribution in [0.15, 0.2) is 41.3 Å². The van der Waals surface area contributed by atoms with Gasteiger partial charge < -0.3 is 9.84 Å². The molecular formula is C28H29N3O6S2. The van der Waals surface area contributed by atoms with Gasteiger partial charge in [0, 0.05) is 24.5 Å². The van der Waals surface area contributed by atoms with Crippen molar-refractivity contribution in [1.82, 2.24) is 9.97 Å². The largest absolute Gasteiger partial charge is 0.475 e. The third-order valence-corrected chi connectivity index (χ3v) is 10.5. The van der Waals surface area contributed by atoms with Crippen molar-refractivity contribution in [3.8, 4) is 5.88 Å². The zero-order valence-electron chi connectivity index (χ0n) is 21.3. The summed E-state index contributed by atoms with van der Waals surface area (Å²) in [4.78, 5) is 35.5. The summed E-state index contributed by atoms with van der Waals surface area (Å²) >= 11 is 1.21. The van der Waals surface area contributed by atoms with Gasteiger partial charge in [-0.2, -0.15) is 0 Å². The van der Waals surface area contributed by atoms with Crippen molar-refractivity contribution in [3.63, 3.8) is 0 Å². The molecule has 0 bridgehead atoms. The summed E-state index contributed by atoms with van der Waals surface area (Å²) in [6, 6.07) is 8.63. The second-order valence-electron chi connectivity index (χ2n) is 10.4.